The molecule has 0 radical (unpaired) electrons. The number of hydrogen-bond donors (Lipinski definition) is 1. The van der Waals surface area contributed by atoms with Crippen molar-refractivity contribution in [2.24, 2.45) is 5.92 Å². The highest BCUT2D eigenvalue weighted by atomic mass is 16.2. The predicted molar refractivity (Wildman–Crippen MR) is 70.8 cm³/mol. The number of piperidine rings is 1. The summed E-state index contributed by atoms with van der Waals surface area (Å²) in [6.07, 6.45) is 1.94. The summed E-state index contributed by atoms with van der Waals surface area (Å²) in [5.41, 5.74) is -0.0531. The molecule has 0 aliphatic carbocycles. The fourth-order valence-electron chi connectivity index (χ4n) is 2.45. The summed E-state index contributed by atoms with van der Waals surface area (Å²) in [4.78, 5) is 28.2. The van der Waals surface area contributed by atoms with Crippen LogP contribution in [0.15, 0.2) is 15.7 Å². The maximum atomic E-state index is 11.7. The van der Waals surface area contributed by atoms with Gasteiger partial charge < -0.3 is 9.88 Å². The van der Waals surface area contributed by atoms with E-state index in [0.717, 1.165) is 25.9 Å². The third-order valence-corrected chi connectivity index (χ3v) is 3.48. The van der Waals surface area contributed by atoms with E-state index >= 15 is 0 Å². The largest absolute Gasteiger partial charge is 0.328 e. The molecule has 0 bridgehead atoms. The number of likely N-dealkylation sites (tertiary alicyclic amines) is 1. The van der Waals surface area contributed by atoms with Crippen LogP contribution < -0.4 is 11.2 Å². The number of H-pyrrole nitrogens is 1. The lowest BCUT2D eigenvalue weighted by Gasteiger charge is -2.29. The van der Waals surface area contributed by atoms with Gasteiger partial charge in [-0.05, 0) is 26.3 Å². The van der Waals surface area contributed by atoms with Crippen LogP contribution in [-0.4, -0.2) is 34.1 Å². The lowest BCUT2D eigenvalue weighted by Crippen LogP contribution is -2.42. The van der Waals surface area contributed by atoms with Gasteiger partial charge in [0.15, 0.2) is 0 Å². The molecule has 1 fully saturated rings. The lowest BCUT2D eigenvalue weighted by molar-refractivity contribution is 0.191. The molecule has 1 aliphatic heterocycles. The molecular formula is C13H18N4O2. The number of nitrogens with one attached hydrogen (secondary N) is 1. The van der Waals surface area contributed by atoms with Gasteiger partial charge in [-0.25, -0.2) is 4.79 Å². The second-order valence-corrected chi connectivity index (χ2v) is 5.02. The summed E-state index contributed by atoms with van der Waals surface area (Å²) in [5, 5.41) is 8.93. The topological polar surface area (TPSA) is 81.9 Å². The zero-order valence-electron chi connectivity index (χ0n) is 11.1. The Hall–Kier alpha value is -1.87. The molecule has 2 rings (SSSR count). The molecule has 1 saturated heterocycles. The van der Waals surface area contributed by atoms with Crippen LogP contribution in [0.4, 0.5) is 0 Å². The standard InChI is InChI=1S/C13H18N4O2/c1-10-7-12(18)17(13(19)15-10)6-5-16-4-2-3-11(8-14)9-16/h7,11H,2-6,9H2,1H3,(H,15,19). The van der Waals surface area contributed by atoms with E-state index in [1.54, 1.807) is 6.92 Å². The van der Waals surface area contributed by atoms with Gasteiger partial charge in [0.2, 0.25) is 0 Å². The van der Waals surface area contributed by atoms with Crippen LogP contribution in [0.1, 0.15) is 18.5 Å². The average molecular weight is 262 g/mol. The molecule has 0 aromatic carbocycles. The molecule has 1 unspecified atom stereocenters. The van der Waals surface area contributed by atoms with Gasteiger partial charge in [-0.3, -0.25) is 9.36 Å². The van der Waals surface area contributed by atoms with E-state index in [0.29, 0.717) is 18.8 Å². The monoisotopic (exact) mass is 262 g/mol. The molecule has 2 heterocycles. The van der Waals surface area contributed by atoms with Gasteiger partial charge in [0.05, 0.1) is 12.0 Å². The first-order valence-corrected chi connectivity index (χ1v) is 6.53. The first-order chi connectivity index (χ1) is 9.10. The van der Waals surface area contributed by atoms with E-state index in [2.05, 4.69) is 16.0 Å². The smallest absolute Gasteiger partial charge is 0.311 e. The third-order valence-electron chi connectivity index (χ3n) is 3.48. The zero-order valence-corrected chi connectivity index (χ0v) is 11.1. The van der Waals surface area contributed by atoms with E-state index < -0.39 is 0 Å². The van der Waals surface area contributed by atoms with Crippen LogP contribution in [0.3, 0.4) is 0 Å². The highest BCUT2D eigenvalue weighted by molar-refractivity contribution is 4.96. The molecule has 1 atom stereocenters. The maximum absolute atomic E-state index is 11.7. The Balaban J connectivity index is 2.02. The summed E-state index contributed by atoms with van der Waals surface area (Å²) in [6.45, 7) is 4.35. The van der Waals surface area contributed by atoms with Crippen molar-refractivity contribution in [3.8, 4) is 6.07 Å². The number of rotatable bonds is 3. The normalized spacial score (nSPS) is 20.1. The minimum Gasteiger partial charge on any atom is -0.311 e. The predicted octanol–water partition coefficient (Wildman–Crippen LogP) is 0.0806. The summed E-state index contributed by atoms with van der Waals surface area (Å²) >= 11 is 0. The van der Waals surface area contributed by atoms with Crippen molar-refractivity contribution in [3.05, 3.63) is 32.6 Å². The van der Waals surface area contributed by atoms with Crippen molar-refractivity contribution in [1.82, 2.24) is 14.5 Å². The van der Waals surface area contributed by atoms with Crippen LogP contribution in [0, 0.1) is 24.2 Å². The first kappa shape index (κ1) is 13.6. The fraction of sp³-hybridized carbons (Fsp3) is 0.615. The highest BCUT2D eigenvalue weighted by Crippen LogP contribution is 2.14. The quantitative estimate of drug-likeness (QED) is 0.836. The van der Waals surface area contributed by atoms with E-state index in [4.69, 9.17) is 5.26 Å². The first-order valence-electron chi connectivity index (χ1n) is 6.53. The molecule has 0 saturated carbocycles. The Bertz CT molecular complexity index is 565. The summed E-state index contributed by atoms with van der Waals surface area (Å²) < 4.78 is 1.21. The molecule has 1 aromatic rings. The van der Waals surface area contributed by atoms with Gasteiger partial charge in [-0.15, -0.1) is 0 Å². The van der Waals surface area contributed by atoms with Gasteiger partial charge in [-0.2, -0.15) is 5.26 Å². The van der Waals surface area contributed by atoms with E-state index in [1.807, 2.05) is 0 Å². The van der Waals surface area contributed by atoms with Crippen molar-refractivity contribution in [2.45, 2.75) is 26.3 Å². The van der Waals surface area contributed by atoms with Crippen molar-refractivity contribution in [3.63, 3.8) is 0 Å². The fourth-order valence-corrected chi connectivity index (χ4v) is 2.45. The Kier molecular flexibility index (Phi) is 4.17. The van der Waals surface area contributed by atoms with Crippen LogP contribution in [-0.2, 0) is 6.54 Å². The van der Waals surface area contributed by atoms with Crippen LogP contribution in [0.2, 0.25) is 0 Å². The number of nitriles is 1. The number of aromatic nitrogens is 2. The minimum atomic E-state index is -0.362. The number of aromatic amines is 1. The molecule has 19 heavy (non-hydrogen) atoms. The van der Waals surface area contributed by atoms with Gasteiger partial charge in [0, 0.05) is 31.4 Å². The second-order valence-electron chi connectivity index (χ2n) is 5.02. The molecule has 1 N–H and O–H groups in total. The van der Waals surface area contributed by atoms with Gasteiger partial charge >= 0.3 is 5.69 Å². The van der Waals surface area contributed by atoms with Crippen LogP contribution in [0.25, 0.3) is 0 Å². The molecule has 102 valence electrons. The molecule has 0 spiro atoms. The van der Waals surface area contributed by atoms with Gasteiger partial charge in [-0.1, -0.05) is 0 Å². The van der Waals surface area contributed by atoms with Crippen molar-refractivity contribution in [2.75, 3.05) is 19.6 Å². The number of hydrogen-bond acceptors (Lipinski definition) is 4. The molecule has 0 amide bonds. The summed E-state index contributed by atoms with van der Waals surface area (Å²) in [7, 11) is 0. The SMILES string of the molecule is Cc1cc(=O)n(CCN2CCCC(C#N)C2)c(=O)[nH]1. The zero-order chi connectivity index (χ0) is 13.8. The Morgan fingerprint density at radius 3 is 2.95 bits per heavy atom. The summed E-state index contributed by atoms with van der Waals surface area (Å²) in [5.74, 6) is 0.0711. The molecule has 6 heteroatoms. The Labute approximate surface area is 111 Å². The molecule has 6 nitrogen and oxygen atoms in total. The molecule has 1 aromatic heterocycles. The van der Waals surface area contributed by atoms with Gasteiger partial charge in [0.1, 0.15) is 0 Å². The average Bonchev–Trinajstić information content (AvgIpc) is 2.37. The third kappa shape index (κ3) is 3.32. The highest BCUT2D eigenvalue weighted by Gasteiger charge is 2.19. The van der Waals surface area contributed by atoms with Crippen molar-refractivity contribution < 1.29 is 0 Å². The van der Waals surface area contributed by atoms with E-state index in [9.17, 15) is 9.59 Å². The second kappa shape index (κ2) is 5.85. The van der Waals surface area contributed by atoms with Crippen LogP contribution in [0.5, 0.6) is 0 Å². The van der Waals surface area contributed by atoms with E-state index in [-0.39, 0.29) is 17.2 Å². The van der Waals surface area contributed by atoms with Crippen LogP contribution >= 0.6 is 0 Å². The molecular weight excluding hydrogens is 244 g/mol. The van der Waals surface area contributed by atoms with Crippen molar-refractivity contribution >= 4 is 0 Å². The Morgan fingerprint density at radius 2 is 2.26 bits per heavy atom. The maximum Gasteiger partial charge on any atom is 0.328 e. The Morgan fingerprint density at radius 1 is 1.47 bits per heavy atom. The lowest BCUT2D eigenvalue weighted by atomic mass is 10.00. The van der Waals surface area contributed by atoms with Gasteiger partial charge in [0.25, 0.3) is 5.56 Å². The molecule has 1 aliphatic rings. The number of aryl methyl sites for hydroxylation is 1. The minimum absolute atomic E-state index is 0.0711. The van der Waals surface area contributed by atoms with E-state index in [1.165, 1.54) is 10.6 Å². The number of nitrogens with zero attached hydrogens (tertiary/aromatic N) is 3. The summed E-state index contributed by atoms with van der Waals surface area (Å²) in [6, 6.07) is 3.71. The van der Waals surface area contributed by atoms with Crippen molar-refractivity contribution in [1.29, 1.82) is 5.26 Å².